The summed E-state index contributed by atoms with van der Waals surface area (Å²) in [5, 5.41) is 19.8. The molecule has 4 rings (SSSR count). The van der Waals surface area contributed by atoms with E-state index in [0.717, 1.165) is 77.1 Å². The van der Waals surface area contributed by atoms with Crippen molar-refractivity contribution in [2.24, 2.45) is 10.3 Å². The second kappa shape index (κ2) is 9.55. The molecule has 0 saturated heterocycles. The molecule has 0 bridgehead atoms. The predicted octanol–water partition coefficient (Wildman–Crippen LogP) is 4.40. The van der Waals surface area contributed by atoms with Gasteiger partial charge < -0.3 is 14.8 Å². The number of aryl methyl sites for hydroxylation is 1. The Morgan fingerprint density at radius 3 is 2.84 bits per heavy atom. The summed E-state index contributed by atoms with van der Waals surface area (Å²) in [4.78, 5) is 19.8. The Kier molecular flexibility index (Phi) is 6.40. The maximum absolute atomic E-state index is 10.7. The third-order valence-corrected chi connectivity index (χ3v) is 5.33. The van der Waals surface area contributed by atoms with Crippen LogP contribution in [0.15, 0.2) is 52.8 Å². The number of aromatic hydroxyl groups is 1. The first-order chi connectivity index (χ1) is 15.2. The van der Waals surface area contributed by atoms with Crippen LogP contribution in [0.5, 0.6) is 5.75 Å². The summed E-state index contributed by atoms with van der Waals surface area (Å²) in [6.45, 7) is 2.35. The largest absolute Gasteiger partial charge is 0.507 e. The van der Waals surface area contributed by atoms with Crippen LogP contribution in [0.4, 0.5) is 0 Å². The lowest BCUT2D eigenvalue weighted by atomic mass is 9.92. The summed E-state index contributed by atoms with van der Waals surface area (Å²) in [7, 11) is 1.52. The molecule has 0 saturated carbocycles. The molecule has 1 N–H and O–H groups in total. The second-order valence-electron chi connectivity index (χ2n) is 7.51. The highest BCUT2D eigenvalue weighted by Crippen LogP contribution is 2.34. The first-order valence-corrected chi connectivity index (χ1v) is 10.5. The van der Waals surface area contributed by atoms with Crippen molar-refractivity contribution >= 4 is 22.3 Å². The van der Waals surface area contributed by atoms with Gasteiger partial charge in [-0.25, -0.2) is 4.98 Å². The van der Waals surface area contributed by atoms with Gasteiger partial charge in [0.1, 0.15) is 30.9 Å². The van der Waals surface area contributed by atoms with Crippen LogP contribution in [0.25, 0.3) is 10.9 Å². The molecule has 31 heavy (non-hydrogen) atoms. The zero-order chi connectivity index (χ0) is 21.6. The molecule has 1 aromatic carbocycles. The normalized spacial score (nSPS) is 15.2. The second-order valence-corrected chi connectivity index (χ2v) is 7.51. The number of aromatic nitrogens is 2. The number of oxime groups is 2. The van der Waals surface area contributed by atoms with Gasteiger partial charge in [-0.1, -0.05) is 28.5 Å². The van der Waals surface area contributed by atoms with Gasteiger partial charge in [0.05, 0.1) is 16.9 Å². The first kappa shape index (κ1) is 20.8. The van der Waals surface area contributed by atoms with Gasteiger partial charge >= 0.3 is 0 Å². The van der Waals surface area contributed by atoms with E-state index in [2.05, 4.69) is 15.3 Å². The summed E-state index contributed by atoms with van der Waals surface area (Å²) in [6, 6.07) is 13.5. The number of hydrogen-bond acceptors (Lipinski definition) is 7. The Bertz CT molecular complexity index is 1140. The molecule has 160 valence electrons. The molecule has 0 aliphatic heterocycles. The van der Waals surface area contributed by atoms with Crippen LogP contribution in [0, 0.1) is 0 Å². The molecule has 3 aromatic rings. The van der Waals surface area contributed by atoms with Gasteiger partial charge in [-0.05, 0) is 63.3 Å². The van der Waals surface area contributed by atoms with Crippen molar-refractivity contribution in [3.05, 3.63) is 65.1 Å². The quantitative estimate of drug-likeness (QED) is 0.349. The fraction of sp³-hybridized carbons (Fsp3) is 0.333. The van der Waals surface area contributed by atoms with Crippen LogP contribution in [0.3, 0.4) is 0 Å². The first-order valence-electron chi connectivity index (χ1n) is 10.5. The van der Waals surface area contributed by atoms with E-state index in [-0.39, 0.29) is 0 Å². The van der Waals surface area contributed by atoms with Crippen LogP contribution in [0.1, 0.15) is 48.8 Å². The minimum atomic E-state index is 0.311. The van der Waals surface area contributed by atoms with Crippen molar-refractivity contribution < 1.29 is 14.8 Å². The molecule has 0 atom stereocenters. The molecule has 7 nitrogen and oxygen atoms in total. The summed E-state index contributed by atoms with van der Waals surface area (Å²) in [5.41, 5.74) is 5.70. The summed E-state index contributed by atoms with van der Waals surface area (Å²) in [6.07, 6.45) is 4.07. The lowest BCUT2D eigenvalue weighted by molar-refractivity contribution is 0.141. The maximum atomic E-state index is 10.7. The number of nitrogens with zero attached hydrogens (tertiary/aromatic N) is 4. The maximum Gasteiger partial charge on any atom is 0.130 e. The molecule has 7 heteroatoms. The van der Waals surface area contributed by atoms with E-state index >= 15 is 0 Å². The van der Waals surface area contributed by atoms with Gasteiger partial charge in [-0.3, -0.25) is 4.98 Å². The molecular formula is C24H26N4O3. The third kappa shape index (κ3) is 4.66. The highest BCUT2D eigenvalue weighted by Gasteiger charge is 2.23. The number of pyridine rings is 2. The smallest absolute Gasteiger partial charge is 0.130 e. The van der Waals surface area contributed by atoms with Crippen molar-refractivity contribution in [1.82, 2.24) is 9.97 Å². The molecule has 0 amide bonds. The molecule has 0 fully saturated rings. The highest BCUT2D eigenvalue weighted by atomic mass is 16.6. The average Bonchev–Trinajstić information content (AvgIpc) is 2.80. The zero-order valence-corrected chi connectivity index (χ0v) is 17.8. The fourth-order valence-corrected chi connectivity index (χ4v) is 3.79. The van der Waals surface area contributed by atoms with E-state index in [0.29, 0.717) is 12.4 Å². The summed E-state index contributed by atoms with van der Waals surface area (Å²) in [5.74, 6) is 0.311. The monoisotopic (exact) mass is 418 g/mol. The van der Waals surface area contributed by atoms with Crippen molar-refractivity contribution in [3.8, 4) is 5.75 Å². The third-order valence-electron chi connectivity index (χ3n) is 5.33. The van der Waals surface area contributed by atoms with Crippen LogP contribution >= 0.6 is 0 Å². The standard InChI is InChI=1S/C24H26N4O3/c1-16(27-30-2)20-13-5-8-17(25-20)9-7-15-31-28-22-14-6-11-19-23(22)26-21-12-4-3-10-18(21)24(19)29/h3-5,8,10,12-13H,6-7,9,11,14-15H2,1-2H3,(H,26,29)/b27-16+,28-22+. The Morgan fingerprint density at radius 2 is 1.97 bits per heavy atom. The van der Waals surface area contributed by atoms with Crippen LogP contribution in [0.2, 0.25) is 0 Å². The van der Waals surface area contributed by atoms with Crippen LogP contribution < -0.4 is 0 Å². The van der Waals surface area contributed by atoms with E-state index in [1.54, 1.807) is 0 Å². The van der Waals surface area contributed by atoms with Gasteiger partial charge in [-0.2, -0.15) is 0 Å². The number of para-hydroxylation sites is 1. The topological polar surface area (TPSA) is 89.2 Å². The minimum absolute atomic E-state index is 0.311. The van der Waals surface area contributed by atoms with Crippen molar-refractivity contribution in [1.29, 1.82) is 0 Å². The van der Waals surface area contributed by atoms with Gasteiger partial charge in [0.15, 0.2) is 0 Å². The highest BCUT2D eigenvalue weighted by molar-refractivity contribution is 6.04. The molecule has 2 aromatic heterocycles. The lowest BCUT2D eigenvalue weighted by Gasteiger charge is -2.19. The Hall–Kier alpha value is -3.48. The van der Waals surface area contributed by atoms with Crippen LogP contribution in [-0.4, -0.2) is 40.2 Å². The molecule has 0 unspecified atom stereocenters. The molecule has 1 aliphatic carbocycles. The predicted molar refractivity (Wildman–Crippen MR) is 121 cm³/mol. The van der Waals surface area contributed by atoms with Gasteiger partial charge in [0, 0.05) is 16.6 Å². The van der Waals surface area contributed by atoms with Gasteiger partial charge in [-0.15, -0.1) is 0 Å². The fourth-order valence-electron chi connectivity index (χ4n) is 3.79. The number of hydrogen-bond donors (Lipinski definition) is 1. The Balaban J connectivity index is 1.40. The molecule has 0 spiro atoms. The number of rotatable bonds is 7. The molecular weight excluding hydrogens is 392 g/mol. The van der Waals surface area contributed by atoms with Gasteiger partial charge in [0.2, 0.25) is 0 Å². The summed E-state index contributed by atoms with van der Waals surface area (Å²) < 4.78 is 0. The molecule has 2 heterocycles. The lowest BCUT2D eigenvalue weighted by Crippen LogP contribution is -2.15. The van der Waals surface area contributed by atoms with Gasteiger partial charge in [0.25, 0.3) is 0 Å². The SMILES string of the molecule is CO/N=C(\C)c1cccc(CCCO/N=C2\CCCc3c2nc2ccccc2c3O)n1. The van der Waals surface area contributed by atoms with E-state index in [9.17, 15) is 5.11 Å². The van der Waals surface area contributed by atoms with E-state index < -0.39 is 0 Å². The van der Waals surface area contributed by atoms with Crippen molar-refractivity contribution in [3.63, 3.8) is 0 Å². The van der Waals surface area contributed by atoms with Crippen molar-refractivity contribution in [2.75, 3.05) is 13.7 Å². The van der Waals surface area contributed by atoms with Crippen LogP contribution in [-0.2, 0) is 22.5 Å². The zero-order valence-electron chi connectivity index (χ0n) is 17.8. The van der Waals surface area contributed by atoms with E-state index in [1.165, 1.54) is 7.11 Å². The minimum Gasteiger partial charge on any atom is -0.507 e. The van der Waals surface area contributed by atoms with E-state index in [1.807, 2.05) is 49.4 Å². The summed E-state index contributed by atoms with van der Waals surface area (Å²) >= 11 is 0. The number of benzene rings is 1. The number of fused-ring (bicyclic) bond motifs is 2. The van der Waals surface area contributed by atoms with Crippen molar-refractivity contribution in [2.45, 2.75) is 39.0 Å². The Labute approximate surface area is 181 Å². The average molecular weight is 418 g/mol. The van der Waals surface area contributed by atoms with E-state index in [4.69, 9.17) is 14.7 Å². The molecule has 1 aliphatic rings. The Morgan fingerprint density at radius 1 is 1.10 bits per heavy atom. The molecule has 0 radical (unpaired) electrons.